The van der Waals surface area contributed by atoms with Crippen molar-refractivity contribution in [3.8, 4) is 11.1 Å². The highest BCUT2D eigenvalue weighted by molar-refractivity contribution is 6.02. The fraction of sp³-hybridized carbons (Fsp3) is 0.133. The summed E-state index contributed by atoms with van der Waals surface area (Å²) in [6.07, 6.45) is 0.422. The molecule has 0 amide bonds. The van der Waals surface area contributed by atoms with Gasteiger partial charge in [-0.25, -0.2) is 4.39 Å². The molecule has 0 N–H and O–H groups in total. The maximum atomic E-state index is 13.3. The lowest BCUT2D eigenvalue weighted by molar-refractivity contribution is 0.0989. The molecule has 1 nitrogen and oxygen atoms in total. The predicted molar refractivity (Wildman–Crippen MR) is 66.5 cm³/mol. The van der Waals surface area contributed by atoms with Crippen LogP contribution in [0.5, 0.6) is 0 Å². The number of benzene rings is 2. The van der Waals surface area contributed by atoms with Crippen molar-refractivity contribution in [3.05, 3.63) is 59.9 Å². The molecule has 0 saturated heterocycles. The Kier molecular flexibility index (Phi) is 3.33. The summed E-state index contributed by atoms with van der Waals surface area (Å²) >= 11 is 0. The van der Waals surface area contributed by atoms with E-state index < -0.39 is 0 Å². The van der Waals surface area contributed by atoms with Gasteiger partial charge < -0.3 is 0 Å². The Hall–Kier alpha value is -1.96. The van der Waals surface area contributed by atoms with Crippen molar-refractivity contribution >= 4 is 5.78 Å². The van der Waals surface area contributed by atoms with Crippen molar-refractivity contribution in [1.29, 1.82) is 0 Å². The van der Waals surface area contributed by atoms with Crippen LogP contribution in [0.3, 0.4) is 0 Å². The molecule has 0 aliphatic rings. The summed E-state index contributed by atoms with van der Waals surface area (Å²) in [7, 11) is 0. The van der Waals surface area contributed by atoms with Crippen LogP contribution in [0.15, 0.2) is 48.5 Å². The largest absolute Gasteiger partial charge is 0.294 e. The van der Waals surface area contributed by atoms with Crippen molar-refractivity contribution in [2.45, 2.75) is 13.3 Å². The van der Waals surface area contributed by atoms with E-state index in [9.17, 15) is 9.18 Å². The fourth-order valence-corrected chi connectivity index (χ4v) is 1.81. The summed E-state index contributed by atoms with van der Waals surface area (Å²) in [6, 6.07) is 13.7. The van der Waals surface area contributed by atoms with Crippen LogP contribution in [0, 0.1) is 5.82 Å². The highest BCUT2D eigenvalue weighted by Crippen LogP contribution is 2.25. The van der Waals surface area contributed by atoms with E-state index in [1.807, 2.05) is 30.3 Å². The van der Waals surface area contributed by atoms with Crippen LogP contribution in [0.25, 0.3) is 11.1 Å². The molecule has 0 heterocycles. The van der Waals surface area contributed by atoms with Gasteiger partial charge in [0.15, 0.2) is 5.78 Å². The monoisotopic (exact) mass is 228 g/mol. The lowest BCUT2D eigenvalue weighted by Crippen LogP contribution is -2.00. The number of ketones is 1. The topological polar surface area (TPSA) is 17.1 Å². The molecule has 0 aliphatic carbocycles. The minimum atomic E-state index is -0.323. The van der Waals surface area contributed by atoms with Gasteiger partial charge in [0.05, 0.1) is 0 Å². The van der Waals surface area contributed by atoms with Crippen LogP contribution < -0.4 is 0 Å². The maximum absolute atomic E-state index is 13.3. The van der Waals surface area contributed by atoms with Gasteiger partial charge in [0.1, 0.15) is 5.82 Å². The molecule has 0 unspecified atom stereocenters. The Balaban J connectivity index is 2.59. The first kappa shape index (κ1) is 11.5. The van der Waals surface area contributed by atoms with E-state index in [1.165, 1.54) is 12.1 Å². The van der Waals surface area contributed by atoms with Crippen molar-refractivity contribution in [1.82, 2.24) is 0 Å². The molecule has 0 aliphatic heterocycles. The summed E-state index contributed by atoms with van der Waals surface area (Å²) in [5, 5.41) is 0. The standard InChI is InChI=1S/C15H13FO/c1-2-15(17)13-9-8-12(16)10-14(13)11-6-4-3-5-7-11/h3-10H,2H2,1H3. The first-order chi connectivity index (χ1) is 8.22. The highest BCUT2D eigenvalue weighted by Gasteiger charge is 2.11. The molecular weight excluding hydrogens is 215 g/mol. The normalized spacial score (nSPS) is 10.2. The van der Waals surface area contributed by atoms with Crippen LogP contribution in [-0.4, -0.2) is 5.78 Å². The zero-order chi connectivity index (χ0) is 12.3. The third kappa shape index (κ3) is 2.41. The molecule has 2 rings (SSSR count). The molecular formula is C15H13FO. The van der Waals surface area contributed by atoms with Crippen LogP contribution in [0.2, 0.25) is 0 Å². The third-order valence-corrected chi connectivity index (χ3v) is 2.69. The Bertz CT molecular complexity index is 532. The Morgan fingerprint density at radius 3 is 2.47 bits per heavy atom. The average Bonchev–Trinajstić information content (AvgIpc) is 2.39. The quantitative estimate of drug-likeness (QED) is 0.723. The molecule has 0 radical (unpaired) electrons. The molecule has 2 aromatic rings. The first-order valence-corrected chi connectivity index (χ1v) is 5.60. The molecule has 0 atom stereocenters. The molecule has 2 aromatic carbocycles. The molecule has 0 saturated carbocycles. The Labute approximate surface area is 99.9 Å². The lowest BCUT2D eigenvalue weighted by atomic mass is 9.96. The number of carbonyl (C=O) groups excluding carboxylic acids is 1. The number of Topliss-reactive ketones (excluding diaryl/α,β-unsaturated/α-hetero) is 1. The lowest BCUT2D eigenvalue weighted by Gasteiger charge is -2.08. The second-order valence-electron chi connectivity index (χ2n) is 3.83. The molecule has 0 aromatic heterocycles. The van der Waals surface area contributed by atoms with E-state index >= 15 is 0 Å². The van der Waals surface area contributed by atoms with Gasteiger partial charge in [-0.3, -0.25) is 4.79 Å². The summed E-state index contributed by atoms with van der Waals surface area (Å²) in [4.78, 5) is 11.8. The predicted octanol–water partition coefficient (Wildman–Crippen LogP) is 4.09. The molecule has 0 fully saturated rings. The molecule has 0 spiro atoms. The van der Waals surface area contributed by atoms with Crippen molar-refractivity contribution in [2.24, 2.45) is 0 Å². The number of halogens is 1. The van der Waals surface area contributed by atoms with Gasteiger partial charge in [0, 0.05) is 12.0 Å². The summed E-state index contributed by atoms with van der Waals surface area (Å²) in [5.74, 6) is -0.291. The van der Waals surface area contributed by atoms with Crippen molar-refractivity contribution in [3.63, 3.8) is 0 Å². The van der Waals surface area contributed by atoms with Gasteiger partial charge in [-0.05, 0) is 29.3 Å². The third-order valence-electron chi connectivity index (χ3n) is 2.69. The number of hydrogen-bond donors (Lipinski definition) is 0. The number of rotatable bonds is 3. The SMILES string of the molecule is CCC(=O)c1ccc(F)cc1-c1ccccc1. The average molecular weight is 228 g/mol. The second kappa shape index (κ2) is 4.91. The van der Waals surface area contributed by atoms with Gasteiger partial charge >= 0.3 is 0 Å². The van der Waals surface area contributed by atoms with Crippen LogP contribution in [-0.2, 0) is 0 Å². The molecule has 86 valence electrons. The summed E-state index contributed by atoms with van der Waals surface area (Å²) < 4.78 is 13.3. The van der Waals surface area contributed by atoms with Crippen LogP contribution in [0.1, 0.15) is 23.7 Å². The molecule has 0 bridgehead atoms. The molecule has 17 heavy (non-hydrogen) atoms. The fourth-order valence-electron chi connectivity index (χ4n) is 1.81. The van der Waals surface area contributed by atoms with E-state index in [2.05, 4.69) is 0 Å². The Morgan fingerprint density at radius 1 is 1.12 bits per heavy atom. The zero-order valence-corrected chi connectivity index (χ0v) is 9.61. The smallest absolute Gasteiger partial charge is 0.163 e. The van der Waals surface area contributed by atoms with Gasteiger partial charge in [-0.2, -0.15) is 0 Å². The van der Waals surface area contributed by atoms with Crippen LogP contribution in [0.4, 0.5) is 4.39 Å². The van der Waals surface area contributed by atoms with Gasteiger partial charge in [0.2, 0.25) is 0 Å². The van der Waals surface area contributed by atoms with Crippen molar-refractivity contribution < 1.29 is 9.18 Å². The van der Waals surface area contributed by atoms with Gasteiger partial charge in [0.25, 0.3) is 0 Å². The van der Waals surface area contributed by atoms with Gasteiger partial charge in [-0.1, -0.05) is 37.3 Å². The maximum Gasteiger partial charge on any atom is 0.163 e. The minimum Gasteiger partial charge on any atom is -0.294 e. The van der Waals surface area contributed by atoms with E-state index in [-0.39, 0.29) is 11.6 Å². The number of hydrogen-bond acceptors (Lipinski definition) is 1. The van der Waals surface area contributed by atoms with E-state index in [0.29, 0.717) is 17.5 Å². The van der Waals surface area contributed by atoms with Crippen LogP contribution >= 0.6 is 0 Å². The van der Waals surface area contributed by atoms with Gasteiger partial charge in [-0.15, -0.1) is 0 Å². The Morgan fingerprint density at radius 2 is 1.82 bits per heavy atom. The van der Waals surface area contributed by atoms with Crippen molar-refractivity contribution in [2.75, 3.05) is 0 Å². The second-order valence-corrected chi connectivity index (χ2v) is 3.83. The zero-order valence-electron chi connectivity index (χ0n) is 9.61. The number of carbonyl (C=O) groups is 1. The van der Waals surface area contributed by atoms with E-state index in [1.54, 1.807) is 13.0 Å². The molecule has 2 heteroatoms. The van der Waals surface area contributed by atoms with E-state index in [0.717, 1.165) is 5.56 Å². The minimum absolute atomic E-state index is 0.0313. The highest BCUT2D eigenvalue weighted by atomic mass is 19.1. The summed E-state index contributed by atoms with van der Waals surface area (Å²) in [5.41, 5.74) is 2.11. The van der Waals surface area contributed by atoms with E-state index in [4.69, 9.17) is 0 Å². The first-order valence-electron chi connectivity index (χ1n) is 5.60. The summed E-state index contributed by atoms with van der Waals surface area (Å²) in [6.45, 7) is 1.81.